The molecular weight excluding hydrogens is 316 g/mol. The van der Waals surface area contributed by atoms with Gasteiger partial charge in [-0.25, -0.2) is 0 Å². The van der Waals surface area contributed by atoms with Crippen LogP contribution in [0.2, 0.25) is 13.1 Å². The van der Waals surface area contributed by atoms with Crippen molar-refractivity contribution in [3.8, 4) is 11.1 Å². The molecule has 0 fully saturated rings. The molecule has 0 saturated heterocycles. The second-order valence-electron chi connectivity index (χ2n) is 8.35. The fourth-order valence-corrected chi connectivity index (χ4v) is 8.69. The second kappa shape index (κ2) is 6.28. The van der Waals surface area contributed by atoms with Gasteiger partial charge in [-0.05, 0) is 63.9 Å². The van der Waals surface area contributed by atoms with Crippen molar-refractivity contribution in [2.75, 3.05) is 0 Å². The van der Waals surface area contributed by atoms with E-state index < -0.39 is 8.07 Å². The van der Waals surface area contributed by atoms with Gasteiger partial charge in [0.15, 0.2) is 0 Å². The van der Waals surface area contributed by atoms with Crippen LogP contribution in [0.3, 0.4) is 0 Å². The zero-order chi connectivity index (χ0) is 17.6. The average Bonchev–Trinajstić information content (AvgIpc) is 3.05. The molecule has 25 heavy (non-hydrogen) atoms. The minimum absolute atomic E-state index is 1.21. The summed E-state index contributed by atoms with van der Waals surface area (Å²) in [6.07, 6.45) is 7.53. The summed E-state index contributed by atoms with van der Waals surface area (Å²) in [7, 11) is -1.52. The summed E-state index contributed by atoms with van der Waals surface area (Å²) in [6, 6.07) is 14.4. The van der Waals surface area contributed by atoms with Crippen LogP contribution in [0.25, 0.3) is 16.3 Å². The molecule has 1 heterocycles. The van der Waals surface area contributed by atoms with Crippen molar-refractivity contribution in [1.82, 2.24) is 0 Å². The summed E-state index contributed by atoms with van der Waals surface area (Å²) in [4.78, 5) is 0. The molecule has 0 amide bonds. The highest BCUT2D eigenvalue weighted by molar-refractivity contribution is 7.07. The third-order valence-corrected chi connectivity index (χ3v) is 9.83. The molecule has 1 aliphatic heterocycles. The second-order valence-corrected chi connectivity index (χ2v) is 12.6. The quantitative estimate of drug-likeness (QED) is 0.540. The largest absolute Gasteiger partial charge is 0.113 e. The maximum absolute atomic E-state index is 2.56. The fraction of sp³-hybridized carbons (Fsp3) is 0.417. The van der Waals surface area contributed by atoms with E-state index in [-0.39, 0.29) is 0 Å². The van der Waals surface area contributed by atoms with E-state index in [4.69, 9.17) is 0 Å². The summed E-state index contributed by atoms with van der Waals surface area (Å²) in [6.45, 7) is 9.72. The first-order valence-corrected chi connectivity index (χ1v) is 13.1. The van der Waals surface area contributed by atoms with E-state index in [1.165, 1.54) is 49.7 Å². The van der Waals surface area contributed by atoms with Crippen LogP contribution in [0.5, 0.6) is 0 Å². The summed E-state index contributed by atoms with van der Waals surface area (Å²) >= 11 is 0. The smallest absolute Gasteiger partial charge is 0.0655 e. The van der Waals surface area contributed by atoms with Gasteiger partial charge >= 0.3 is 0 Å². The zero-order valence-electron chi connectivity index (χ0n) is 16.2. The van der Waals surface area contributed by atoms with Gasteiger partial charge in [-0.3, -0.25) is 0 Å². The van der Waals surface area contributed by atoms with Crippen LogP contribution in [0.1, 0.15) is 56.2 Å². The van der Waals surface area contributed by atoms with Crippen LogP contribution in [0, 0.1) is 0 Å². The lowest BCUT2D eigenvalue weighted by atomic mass is 9.96. The molecule has 0 aromatic heterocycles. The van der Waals surface area contributed by atoms with E-state index in [0.29, 0.717) is 0 Å². The molecule has 0 atom stereocenters. The molecule has 0 N–H and O–H groups in total. The van der Waals surface area contributed by atoms with Crippen LogP contribution in [0.15, 0.2) is 42.0 Å². The number of hydrogen-bond acceptors (Lipinski definition) is 0. The normalized spacial score (nSPS) is 16.8. The Labute approximate surface area is 154 Å². The third kappa shape index (κ3) is 2.55. The van der Waals surface area contributed by atoms with Gasteiger partial charge in [0.2, 0.25) is 0 Å². The molecule has 2 bridgehead atoms. The minimum atomic E-state index is -1.52. The number of fused-ring (bicyclic) bond motifs is 1. The van der Waals surface area contributed by atoms with Crippen LogP contribution < -0.4 is 5.19 Å². The van der Waals surface area contributed by atoms with Crippen molar-refractivity contribution < 1.29 is 0 Å². The van der Waals surface area contributed by atoms with Gasteiger partial charge in [-0.2, -0.15) is 0 Å². The third-order valence-electron chi connectivity index (χ3n) is 6.21. The summed E-state index contributed by atoms with van der Waals surface area (Å²) in [5.41, 5.74) is 9.49. The van der Waals surface area contributed by atoms with Crippen LogP contribution in [-0.2, 0) is 12.8 Å². The fourth-order valence-electron chi connectivity index (χ4n) is 5.02. The van der Waals surface area contributed by atoms with E-state index in [2.05, 4.69) is 63.3 Å². The Morgan fingerprint density at radius 2 is 1.60 bits per heavy atom. The zero-order valence-corrected chi connectivity index (χ0v) is 17.2. The molecule has 0 saturated carbocycles. The summed E-state index contributed by atoms with van der Waals surface area (Å²) in [5, 5.41) is 3.45. The number of benzene rings is 2. The lowest BCUT2D eigenvalue weighted by molar-refractivity contribution is 0.795. The summed E-state index contributed by atoms with van der Waals surface area (Å²) in [5.74, 6) is 0. The summed E-state index contributed by atoms with van der Waals surface area (Å²) < 4.78 is 0. The maximum atomic E-state index is 2.56. The number of hydrogen-bond donors (Lipinski definition) is 0. The molecule has 130 valence electrons. The molecule has 4 rings (SSSR count). The van der Waals surface area contributed by atoms with Gasteiger partial charge in [0.05, 0.1) is 0 Å². The van der Waals surface area contributed by atoms with Crippen molar-refractivity contribution in [2.24, 2.45) is 0 Å². The molecule has 1 heteroatoms. The lowest BCUT2D eigenvalue weighted by Gasteiger charge is -2.22. The highest BCUT2D eigenvalue weighted by Crippen LogP contribution is 2.50. The Morgan fingerprint density at radius 3 is 2.28 bits per heavy atom. The number of allylic oxidation sites excluding steroid dienone is 1. The highest BCUT2D eigenvalue weighted by Gasteiger charge is 2.45. The Morgan fingerprint density at radius 1 is 0.840 bits per heavy atom. The SMILES string of the molecule is CCCCc1ccc(-c2c3ccc4c2C(=C(CCC)C4)[Si]3(C)C)cc1. The van der Waals surface area contributed by atoms with Gasteiger partial charge in [0.25, 0.3) is 0 Å². The molecule has 0 nitrogen and oxygen atoms in total. The predicted octanol–water partition coefficient (Wildman–Crippen LogP) is 6.27. The molecule has 0 radical (unpaired) electrons. The molecular formula is C24H30Si. The van der Waals surface area contributed by atoms with Crippen molar-refractivity contribution in [3.63, 3.8) is 0 Å². The van der Waals surface area contributed by atoms with E-state index in [1.807, 2.05) is 0 Å². The Kier molecular flexibility index (Phi) is 4.23. The number of aryl methyl sites for hydroxylation is 1. The Bertz CT molecular complexity index is 837. The van der Waals surface area contributed by atoms with Crippen LogP contribution >= 0.6 is 0 Å². The van der Waals surface area contributed by atoms with Gasteiger partial charge in [-0.15, -0.1) is 0 Å². The van der Waals surface area contributed by atoms with Gasteiger partial charge in [0.1, 0.15) is 8.07 Å². The van der Waals surface area contributed by atoms with E-state index in [1.54, 1.807) is 32.6 Å². The standard InChI is InChI=1S/C24H30Si/c1-5-7-9-17-10-12-18(13-11-17)22-21-15-14-19-16-20(8-6-2)24(23(19)22)25(21,3)4/h10-15H,5-9,16H2,1-4H3. The molecule has 2 aromatic carbocycles. The first-order valence-electron chi connectivity index (χ1n) is 10.1. The van der Waals surface area contributed by atoms with E-state index in [9.17, 15) is 0 Å². The van der Waals surface area contributed by atoms with Crippen molar-refractivity contribution in [1.29, 1.82) is 0 Å². The highest BCUT2D eigenvalue weighted by atomic mass is 28.3. The van der Waals surface area contributed by atoms with Crippen LogP contribution in [-0.4, -0.2) is 8.07 Å². The first-order chi connectivity index (χ1) is 12.1. The van der Waals surface area contributed by atoms with Gasteiger partial charge < -0.3 is 0 Å². The van der Waals surface area contributed by atoms with E-state index >= 15 is 0 Å². The Balaban J connectivity index is 1.81. The molecule has 1 aliphatic carbocycles. The molecule has 0 unspecified atom stereocenters. The van der Waals surface area contributed by atoms with Gasteiger partial charge in [0, 0.05) is 0 Å². The molecule has 2 aromatic rings. The van der Waals surface area contributed by atoms with E-state index in [0.717, 1.165) is 0 Å². The topological polar surface area (TPSA) is 0 Å². The van der Waals surface area contributed by atoms with Crippen molar-refractivity contribution >= 4 is 18.5 Å². The molecule has 0 spiro atoms. The lowest BCUT2D eigenvalue weighted by Crippen LogP contribution is -2.39. The minimum Gasteiger partial charge on any atom is -0.0655 e. The van der Waals surface area contributed by atoms with Crippen LogP contribution in [0.4, 0.5) is 0 Å². The maximum Gasteiger partial charge on any atom is 0.113 e. The van der Waals surface area contributed by atoms with Crippen molar-refractivity contribution in [2.45, 2.75) is 65.5 Å². The monoisotopic (exact) mass is 346 g/mol. The average molecular weight is 347 g/mol. The molecule has 2 aliphatic rings. The predicted molar refractivity (Wildman–Crippen MR) is 113 cm³/mol. The van der Waals surface area contributed by atoms with Gasteiger partial charge in [-0.1, -0.05) is 81.8 Å². The van der Waals surface area contributed by atoms with Crippen molar-refractivity contribution in [3.05, 3.63) is 58.7 Å². The number of unbranched alkanes of at least 4 members (excludes halogenated alkanes) is 1. The number of rotatable bonds is 6. The first kappa shape index (κ1) is 16.8. The Hall–Kier alpha value is -1.60.